The van der Waals surface area contributed by atoms with Gasteiger partial charge in [0.05, 0.1) is 0 Å². The second-order valence-corrected chi connectivity index (χ2v) is 4.08. The molecule has 0 aliphatic carbocycles. The molecule has 18 heavy (non-hydrogen) atoms. The summed E-state index contributed by atoms with van der Waals surface area (Å²) in [5, 5.41) is 1.36. The minimum absolute atomic E-state index is 0.0259. The van der Waals surface area contributed by atoms with Crippen molar-refractivity contribution in [1.29, 1.82) is 0 Å². The van der Waals surface area contributed by atoms with Gasteiger partial charge in [-0.25, -0.2) is 0 Å². The lowest BCUT2D eigenvalue weighted by atomic mass is 10.1. The number of halogens is 7. The summed E-state index contributed by atoms with van der Waals surface area (Å²) in [7, 11) is 0. The highest BCUT2D eigenvalue weighted by Crippen LogP contribution is 2.46. The monoisotopic (exact) mass is 283 g/mol. The number of carbonyl (C=O) groups is 1. The molecule has 0 aromatic rings. The first-order valence-electron chi connectivity index (χ1n) is 4.94. The number of hydrogen-bond acceptors (Lipinski definition) is 1. The van der Waals surface area contributed by atoms with E-state index in [0.29, 0.717) is 0 Å². The highest BCUT2D eigenvalue weighted by molar-refractivity contribution is 5.84. The van der Waals surface area contributed by atoms with E-state index < -0.39 is 30.5 Å². The first-order valence-corrected chi connectivity index (χ1v) is 4.94. The summed E-state index contributed by atoms with van der Waals surface area (Å²) in [6.45, 7) is 2.92. The third-order valence-corrected chi connectivity index (χ3v) is 2.04. The molecule has 2 nitrogen and oxygen atoms in total. The third kappa shape index (κ3) is 3.49. The summed E-state index contributed by atoms with van der Waals surface area (Å²) in [4.78, 5) is 10.7. The Bertz CT molecular complexity index is 298. The van der Waals surface area contributed by atoms with Crippen LogP contribution in [0.2, 0.25) is 0 Å². The van der Waals surface area contributed by atoms with Crippen molar-refractivity contribution in [3.8, 4) is 0 Å². The van der Waals surface area contributed by atoms with Crippen molar-refractivity contribution in [1.82, 2.24) is 5.32 Å². The average Bonchev–Trinajstić information content (AvgIpc) is 2.14. The smallest absolute Gasteiger partial charge is 0.351 e. The van der Waals surface area contributed by atoms with Crippen molar-refractivity contribution < 1.29 is 35.5 Å². The van der Waals surface area contributed by atoms with Gasteiger partial charge < -0.3 is 5.32 Å². The van der Waals surface area contributed by atoms with Crippen LogP contribution < -0.4 is 5.32 Å². The maximum atomic E-state index is 12.7. The molecule has 0 heterocycles. The van der Waals surface area contributed by atoms with E-state index in [1.54, 1.807) is 13.8 Å². The van der Waals surface area contributed by atoms with Gasteiger partial charge in [0.1, 0.15) is 0 Å². The molecule has 0 unspecified atom stereocenters. The van der Waals surface area contributed by atoms with Gasteiger partial charge in [0.15, 0.2) is 0 Å². The fraction of sp³-hybridized carbons (Fsp3) is 0.889. The Morgan fingerprint density at radius 2 is 1.50 bits per heavy atom. The third-order valence-electron chi connectivity index (χ3n) is 2.04. The SMILES string of the molecule is CC(C)CCNC(=O)C(F)(F)C(F)(F)C(F)(F)F. The predicted octanol–water partition coefficient (Wildman–Crippen LogP) is 2.98. The lowest BCUT2D eigenvalue weighted by Crippen LogP contribution is -2.59. The molecule has 0 fully saturated rings. The van der Waals surface area contributed by atoms with Crippen molar-refractivity contribution in [3.63, 3.8) is 0 Å². The fourth-order valence-electron chi connectivity index (χ4n) is 0.906. The Labute approximate surface area is 98.5 Å². The van der Waals surface area contributed by atoms with E-state index in [-0.39, 0.29) is 12.3 Å². The van der Waals surface area contributed by atoms with Gasteiger partial charge in [-0.1, -0.05) is 13.8 Å². The van der Waals surface area contributed by atoms with Crippen LogP contribution in [0, 0.1) is 5.92 Å². The molecule has 0 saturated carbocycles. The zero-order chi connectivity index (χ0) is 14.8. The molecule has 0 bridgehead atoms. The van der Waals surface area contributed by atoms with Crippen LogP contribution in [-0.2, 0) is 4.79 Å². The number of rotatable bonds is 5. The molecule has 1 amide bonds. The van der Waals surface area contributed by atoms with Gasteiger partial charge in [0, 0.05) is 6.54 Å². The van der Waals surface area contributed by atoms with E-state index in [2.05, 4.69) is 0 Å². The van der Waals surface area contributed by atoms with Gasteiger partial charge in [-0.05, 0) is 12.3 Å². The van der Waals surface area contributed by atoms with E-state index in [0.717, 1.165) is 0 Å². The van der Waals surface area contributed by atoms with E-state index in [9.17, 15) is 35.5 Å². The lowest BCUT2D eigenvalue weighted by molar-refractivity contribution is -0.344. The van der Waals surface area contributed by atoms with Crippen LogP contribution in [0.4, 0.5) is 30.7 Å². The summed E-state index contributed by atoms with van der Waals surface area (Å²) in [6, 6.07) is 0. The molecule has 0 rings (SSSR count). The molecule has 108 valence electrons. The van der Waals surface area contributed by atoms with Gasteiger partial charge >= 0.3 is 18.0 Å². The largest absolute Gasteiger partial charge is 0.460 e. The molecule has 0 aromatic heterocycles. The molecule has 0 aliphatic rings. The van der Waals surface area contributed by atoms with E-state index in [4.69, 9.17) is 0 Å². The Kier molecular flexibility index (Phi) is 5.01. The number of carbonyl (C=O) groups excluding carboxylic acids is 1. The number of amides is 1. The Morgan fingerprint density at radius 1 is 1.06 bits per heavy atom. The van der Waals surface area contributed by atoms with Crippen molar-refractivity contribution >= 4 is 5.91 Å². The molecular formula is C9H12F7NO. The van der Waals surface area contributed by atoms with E-state index in [1.165, 1.54) is 5.32 Å². The highest BCUT2D eigenvalue weighted by Gasteiger charge is 2.76. The van der Waals surface area contributed by atoms with E-state index in [1.807, 2.05) is 0 Å². The summed E-state index contributed by atoms with van der Waals surface area (Å²) in [6.07, 6.45) is -6.31. The van der Waals surface area contributed by atoms with Crippen LogP contribution in [0.15, 0.2) is 0 Å². The molecule has 0 saturated heterocycles. The quantitative estimate of drug-likeness (QED) is 0.772. The molecule has 0 spiro atoms. The topological polar surface area (TPSA) is 29.1 Å². The van der Waals surface area contributed by atoms with Gasteiger partial charge in [-0.15, -0.1) is 0 Å². The second-order valence-electron chi connectivity index (χ2n) is 4.08. The maximum absolute atomic E-state index is 12.7. The lowest BCUT2D eigenvalue weighted by Gasteiger charge is -2.27. The number of nitrogens with one attached hydrogen (secondary N) is 1. The highest BCUT2D eigenvalue weighted by atomic mass is 19.4. The van der Waals surface area contributed by atoms with Crippen LogP contribution in [0.25, 0.3) is 0 Å². The summed E-state index contributed by atoms with van der Waals surface area (Å²) in [5.74, 6) is -14.9. The van der Waals surface area contributed by atoms with Crippen molar-refractivity contribution in [2.75, 3.05) is 6.54 Å². The minimum atomic E-state index is -6.49. The van der Waals surface area contributed by atoms with Crippen LogP contribution in [0.3, 0.4) is 0 Å². The molecular weight excluding hydrogens is 271 g/mol. The summed E-state index contributed by atoms with van der Waals surface area (Å²) >= 11 is 0. The second kappa shape index (κ2) is 5.31. The van der Waals surface area contributed by atoms with Gasteiger partial charge in [-0.2, -0.15) is 30.7 Å². The van der Waals surface area contributed by atoms with Gasteiger partial charge in [0.2, 0.25) is 0 Å². The molecule has 9 heteroatoms. The molecule has 1 N–H and O–H groups in total. The number of alkyl halides is 7. The average molecular weight is 283 g/mol. The number of hydrogen-bond donors (Lipinski definition) is 1. The van der Waals surface area contributed by atoms with Crippen molar-refractivity contribution in [2.45, 2.75) is 38.3 Å². The van der Waals surface area contributed by atoms with Crippen LogP contribution in [0.1, 0.15) is 20.3 Å². The molecule has 0 aliphatic heterocycles. The first kappa shape index (κ1) is 17.0. The predicted molar refractivity (Wildman–Crippen MR) is 48.4 cm³/mol. The van der Waals surface area contributed by atoms with Gasteiger partial charge in [0.25, 0.3) is 5.91 Å². The van der Waals surface area contributed by atoms with Crippen LogP contribution in [-0.4, -0.2) is 30.5 Å². The summed E-state index contributed by atoms with van der Waals surface area (Å²) < 4.78 is 85.5. The first-order chi connectivity index (χ1) is 7.84. The van der Waals surface area contributed by atoms with Crippen LogP contribution >= 0.6 is 0 Å². The van der Waals surface area contributed by atoms with Crippen LogP contribution in [0.5, 0.6) is 0 Å². The Morgan fingerprint density at radius 3 is 1.83 bits per heavy atom. The standard InChI is InChI=1S/C9H12F7NO/c1-5(2)3-4-17-6(18)7(10,11)8(12,13)9(14,15)16/h5H,3-4H2,1-2H3,(H,17,18). The molecule has 0 radical (unpaired) electrons. The van der Waals surface area contributed by atoms with Crippen molar-refractivity contribution in [2.24, 2.45) is 5.92 Å². The minimum Gasteiger partial charge on any atom is -0.351 e. The maximum Gasteiger partial charge on any atom is 0.460 e. The van der Waals surface area contributed by atoms with Gasteiger partial charge in [-0.3, -0.25) is 4.79 Å². The molecule has 0 atom stereocenters. The zero-order valence-electron chi connectivity index (χ0n) is 9.55. The molecule has 0 aromatic carbocycles. The van der Waals surface area contributed by atoms with E-state index >= 15 is 0 Å². The normalized spacial score (nSPS) is 13.9. The Balaban J connectivity index is 4.77. The zero-order valence-corrected chi connectivity index (χ0v) is 9.55. The van der Waals surface area contributed by atoms with Crippen molar-refractivity contribution in [3.05, 3.63) is 0 Å². The Hall–Kier alpha value is -1.02. The fourth-order valence-corrected chi connectivity index (χ4v) is 0.906. The summed E-state index contributed by atoms with van der Waals surface area (Å²) in [5.41, 5.74) is 0.